The van der Waals surface area contributed by atoms with Crippen molar-refractivity contribution < 1.29 is 22.9 Å². The summed E-state index contributed by atoms with van der Waals surface area (Å²) in [5.41, 5.74) is 2.37. The van der Waals surface area contributed by atoms with Crippen LogP contribution in [0, 0.1) is 0 Å². The number of halogens is 4. The average molecular weight is 741 g/mol. The Kier molecular flexibility index (Phi) is 12.3. The molecule has 2 heterocycles. The molecule has 1 amide bonds. The van der Waals surface area contributed by atoms with Gasteiger partial charge in [-0.1, -0.05) is 81.9 Å². The van der Waals surface area contributed by atoms with E-state index in [9.17, 15) is 9.36 Å². The largest absolute Gasteiger partial charge is 0.354 e. The highest BCUT2D eigenvalue weighted by atomic mass is 35.5. The molecule has 0 saturated carbocycles. The van der Waals surface area contributed by atoms with Crippen molar-refractivity contribution in [3.63, 3.8) is 0 Å². The van der Waals surface area contributed by atoms with Crippen molar-refractivity contribution in [3.05, 3.63) is 88.0 Å². The minimum absolute atomic E-state index is 0.146. The van der Waals surface area contributed by atoms with E-state index in [0.29, 0.717) is 57.8 Å². The number of aromatic nitrogens is 2. The number of anilines is 1. The van der Waals surface area contributed by atoms with Gasteiger partial charge in [-0.25, -0.2) is 0 Å². The van der Waals surface area contributed by atoms with Crippen LogP contribution in [0.1, 0.15) is 59.1 Å². The van der Waals surface area contributed by atoms with Crippen molar-refractivity contribution in [1.82, 2.24) is 10.1 Å². The van der Waals surface area contributed by atoms with Gasteiger partial charge in [0, 0.05) is 24.4 Å². The number of hydrogen-bond donors (Lipinski definition) is 0. The molecule has 2 aromatic heterocycles. The van der Waals surface area contributed by atoms with Crippen molar-refractivity contribution in [3.8, 4) is 22.7 Å². The maximum Gasteiger partial charge on any atom is 0.336 e. The molecule has 4 rings (SSSR count). The van der Waals surface area contributed by atoms with Crippen molar-refractivity contribution in [2.45, 2.75) is 76.6 Å². The monoisotopic (exact) mass is 739 g/mol. The van der Waals surface area contributed by atoms with E-state index in [-0.39, 0.29) is 6.16 Å². The first-order valence-corrected chi connectivity index (χ1v) is 18.3. The summed E-state index contributed by atoms with van der Waals surface area (Å²) >= 11 is 24.9. The smallest absolute Gasteiger partial charge is 0.336 e. The van der Waals surface area contributed by atoms with Crippen LogP contribution >= 0.6 is 54.0 Å². The molecule has 13 heteroatoms. The Morgan fingerprint density at radius 1 is 0.915 bits per heavy atom. The standard InChI is InChI=1S/C34H38Cl4N3O5P/c1-33(2,3)45-47(43,46-34(4,5)6)21-23-16-14-22(15-17-23)10-9-19-41(32(42)31(37)38)27-13-8-18-39-30(27)28-20-26(40-44-28)29-24(35)11-7-12-25(29)36/h7-8,11-18,20,31H,9-10,19,21H2,1-6H3. The lowest BCUT2D eigenvalue weighted by Gasteiger charge is -2.32. The Morgan fingerprint density at radius 2 is 1.51 bits per heavy atom. The van der Waals surface area contributed by atoms with Crippen LogP contribution in [0.25, 0.3) is 22.7 Å². The van der Waals surface area contributed by atoms with Crippen molar-refractivity contribution in [2.75, 3.05) is 11.4 Å². The lowest BCUT2D eigenvalue weighted by molar-refractivity contribution is -0.117. The first kappa shape index (κ1) is 37.4. The Balaban J connectivity index is 1.51. The molecule has 0 aliphatic heterocycles. The maximum absolute atomic E-state index is 13.7. The number of carbonyl (C=O) groups is 1. The van der Waals surface area contributed by atoms with Gasteiger partial charge in [0.25, 0.3) is 5.91 Å². The number of rotatable bonds is 12. The van der Waals surface area contributed by atoms with Gasteiger partial charge >= 0.3 is 7.60 Å². The first-order chi connectivity index (χ1) is 21.9. The molecule has 0 fully saturated rings. The highest BCUT2D eigenvalue weighted by Gasteiger charge is 2.35. The Morgan fingerprint density at radius 3 is 2.09 bits per heavy atom. The van der Waals surface area contributed by atoms with Gasteiger partial charge in [-0.15, -0.1) is 0 Å². The van der Waals surface area contributed by atoms with Crippen molar-refractivity contribution >= 4 is 65.6 Å². The molecule has 0 N–H and O–H groups in total. The predicted molar refractivity (Wildman–Crippen MR) is 191 cm³/mol. The fraction of sp³-hybridized carbons (Fsp3) is 0.382. The molecule has 0 saturated heterocycles. The van der Waals surface area contributed by atoms with Crippen LogP contribution in [0.3, 0.4) is 0 Å². The summed E-state index contributed by atoms with van der Waals surface area (Å²) in [7, 11) is -3.44. The summed E-state index contributed by atoms with van der Waals surface area (Å²) in [4.78, 5) is 18.0. The molecular weight excluding hydrogens is 703 g/mol. The molecule has 252 valence electrons. The van der Waals surface area contributed by atoms with Crippen molar-refractivity contribution in [2.24, 2.45) is 0 Å². The normalized spacial score (nSPS) is 12.5. The van der Waals surface area contributed by atoms with Crippen LogP contribution in [0.15, 0.2) is 71.4 Å². The van der Waals surface area contributed by atoms with Crippen molar-refractivity contribution in [1.29, 1.82) is 0 Å². The second-order valence-corrected chi connectivity index (χ2v) is 16.7. The second kappa shape index (κ2) is 15.4. The summed E-state index contributed by atoms with van der Waals surface area (Å²) in [6, 6.07) is 18.1. The molecule has 0 radical (unpaired) electrons. The number of nitrogens with zero attached hydrogens (tertiary/aromatic N) is 3. The van der Waals surface area contributed by atoms with Gasteiger partial charge in [0.15, 0.2) is 10.6 Å². The van der Waals surface area contributed by atoms with E-state index < -0.39 is 29.5 Å². The molecule has 2 aromatic carbocycles. The van der Waals surface area contributed by atoms with Gasteiger partial charge in [-0.05, 0) is 89.8 Å². The van der Waals surface area contributed by atoms with E-state index in [0.717, 1.165) is 11.1 Å². The predicted octanol–water partition coefficient (Wildman–Crippen LogP) is 10.8. The minimum Gasteiger partial charge on any atom is -0.354 e. The van der Waals surface area contributed by atoms with Crippen LogP contribution < -0.4 is 4.90 Å². The van der Waals surface area contributed by atoms with E-state index in [4.69, 9.17) is 60.0 Å². The molecule has 0 aliphatic carbocycles. The topological polar surface area (TPSA) is 94.8 Å². The van der Waals surface area contributed by atoms with Gasteiger partial charge in [0.2, 0.25) is 0 Å². The number of hydrogen-bond acceptors (Lipinski definition) is 7. The third-order valence-electron chi connectivity index (χ3n) is 6.56. The molecule has 0 aliphatic rings. The van der Waals surface area contributed by atoms with E-state index in [1.807, 2.05) is 65.8 Å². The second-order valence-electron chi connectivity index (χ2n) is 12.9. The molecule has 0 spiro atoms. The molecule has 47 heavy (non-hydrogen) atoms. The van der Waals surface area contributed by atoms with E-state index in [2.05, 4.69) is 10.1 Å². The van der Waals surface area contributed by atoms with Crippen LogP contribution in [-0.4, -0.2) is 38.6 Å². The molecule has 0 atom stereocenters. The van der Waals surface area contributed by atoms with E-state index in [1.54, 1.807) is 42.6 Å². The fourth-order valence-corrected chi connectivity index (χ4v) is 8.23. The zero-order chi connectivity index (χ0) is 34.6. The Bertz CT molecular complexity index is 1690. The lowest BCUT2D eigenvalue weighted by Crippen LogP contribution is -2.36. The van der Waals surface area contributed by atoms with Gasteiger partial charge in [0.1, 0.15) is 11.4 Å². The zero-order valence-corrected chi connectivity index (χ0v) is 31.0. The van der Waals surface area contributed by atoms with E-state index in [1.165, 1.54) is 4.90 Å². The van der Waals surface area contributed by atoms with Crippen LogP contribution in [-0.2, 0) is 31.0 Å². The number of amides is 1. The summed E-state index contributed by atoms with van der Waals surface area (Å²) in [5.74, 6) is -0.191. The number of aryl methyl sites for hydroxylation is 1. The van der Waals surface area contributed by atoms with Gasteiger partial charge in [-0.2, -0.15) is 0 Å². The summed E-state index contributed by atoms with van der Waals surface area (Å²) in [5, 5.41) is 4.99. The fourth-order valence-electron chi connectivity index (χ4n) is 4.91. The summed E-state index contributed by atoms with van der Waals surface area (Å²) < 4.78 is 31.2. The highest BCUT2D eigenvalue weighted by molar-refractivity contribution is 7.53. The van der Waals surface area contributed by atoms with E-state index >= 15 is 0 Å². The Hall–Kier alpha value is -2.42. The highest BCUT2D eigenvalue weighted by Crippen LogP contribution is 2.57. The lowest BCUT2D eigenvalue weighted by atomic mass is 10.1. The van der Waals surface area contributed by atoms with Gasteiger partial charge < -0.3 is 18.5 Å². The van der Waals surface area contributed by atoms with Crippen LogP contribution in [0.2, 0.25) is 10.0 Å². The third kappa shape index (κ3) is 10.5. The molecule has 0 bridgehead atoms. The number of alkyl halides is 2. The van der Waals surface area contributed by atoms with Gasteiger partial charge in [-0.3, -0.25) is 14.3 Å². The minimum atomic E-state index is -3.44. The quantitative estimate of drug-likeness (QED) is 0.105. The Labute approximate surface area is 296 Å². The molecule has 8 nitrogen and oxygen atoms in total. The zero-order valence-electron chi connectivity index (χ0n) is 27.1. The summed E-state index contributed by atoms with van der Waals surface area (Å²) in [6.07, 6.45) is 2.95. The number of pyridine rings is 1. The molecule has 4 aromatic rings. The average Bonchev–Trinajstić information content (AvgIpc) is 3.43. The van der Waals surface area contributed by atoms with Crippen LogP contribution in [0.4, 0.5) is 5.69 Å². The third-order valence-corrected chi connectivity index (χ3v) is 9.97. The number of carbonyl (C=O) groups excluding carboxylic acids is 1. The van der Waals surface area contributed by atoms with Crippen LogP contribution in [0.5, 0.6) is 0 Å². The molecular formula is C34H38Cl4N3O5P. The summed E-state index contributed by atoms with van der Waals surface area (Å²) in [6.45, 7) is 11.4. The maximum atomic E-state index is 13.7. The van der Waals surface area contributed by atoms with Gasteiger partial charge in [0.05, 0.1) is 33.1 Å². The molecule has 0 unspecified atom stereocenters. The SMILES string of the molecule is CC(C)(C)OP(=O)(Cc1ccc(CCCN(C(=O)C(Cl)Cl)c2cccnc2-c2cc(-c3c(Cl)cccc3Cl)no2)cc1)OC(C)(C)C. The first-order valence-electron chi connectivity index (χ1n) is 15.0. The number of benzene rings is 2.